The van der Waals surface area contributed by atoms with Crippen LogP contribution in [-0.4, -0.2) is 42.2 Å². The Morgan fingerprint density at radius 1 is 1.14 bits per heavy atom. The molecule has 1 atom stereocenters. The lowest BCUT2D eigenvalue weighted by atomic mass is 9.88. The normalized spacial score (nSPS) is 15.3. The summed E-state index contributed by atoms with van der Waals surface area (Å²) in [6, 6.07) is 10.7. The van der Waals surface area contributed by atoms with E-state index in [9.17, 15) is 9.59 Å². The van der Waals surface area contributed by atoms with Crippen LogP contribution in [0.5, 0.6) is 11.5 Å². The summed E-state index contributed by atoms with van der Waals surface area (Å²) < 4.78 is 18.1. The van der Waals surface area contributed by atoms with Crippen LogP contribution in [-0.2, 0) is 9.53 Å². The van der Waals surface area contributed by atoms with Crippen molar-refractivity contribution in [2.24, 2.45) is 5.10 Å². The molecule has 4 rings (SSSR count). The van der Waals surface area contributed by atoms with Crippen LogP contribution in [0, 0.1) is 0 Å². The van der Waals surface area contributed by atoms with Crippen molar-refractivity contribution in [1.82, 2.24) is 9.66 Å². The summed E-state index contributed by atoms with van der Waals surface area (Å²) in [6.07, 6.45) is 6.23. The minimum absolute atomic E-state index is 0.187. The fourth-order valence-corrected chi connectivity index (χ4v) is 4.65. The third-order valence-electron chi connectivity index (χ3n) is 6.15. The van der Waals surface area contributed by atoms with Gasteiger partial charge in [0.25, 0.3) is 5.56 Å². The molecule has 0 saturated heterocycles. The van der Waals surface area contributed by atoms with Gasteiger partial charge in [0.15, 0.2) is 17.6 Å². The van der Waals surface area contributed by atoms with Gasteiger partial charge in [-0.1, -0.05) is 35.2 Å². The SMILES string of the molecule is COC(=O)[C@@H](C)Oc1ccc(C=Nn2c(C3CCCCC3)nc3ccc(Br)cc3c2=O)cc1OC. The molecule has 0 aliphatic heterocycles. The summed E-state index contributed by atoms with van der Waals surface area (Å²) in [7, 11) is 2.82. The van der Waals surface area contributed by atoms with Crippen LogP contribution in [0.25, 0.3) is 10.9 Å². The molecule has 1 saturated carbocycles. The Balaban J connectivity index is 1.72. The van der Waals surface area contributed by atoms with Crippen LogP contribution < -0.4 is 15.0 Å². The lowest BCUT2D eigenvalue weighted by molar-refractivity contribution is -0.147. The van der Waals surface area contributed by atoms with Gasteiger partial charge in [0.05, 0.1) is 31.3 Å². The second-order valence-corrected chi connectivity index (χ2v) is 9.44. The molecule has 0 unspecified atom stereocenters. The second kappa shape index (κ2) is 11.0. The number of hydrogen-bond acceptors (Lipinski definition) is 7. The number of halogens is 1. The standard InChI is InChI=1S/C26H28BrN3O5/c1-16(26(32)34-3)35-22-12-9-17(13-23(22)33-2)15-28-30-24(18-7-5-4-6-8-18)29-21-11-10-19(27)14-20(21)25(30)31/h9-16,18H,4-8H2,1-3H3/t16-/m1/s1. The minimum Gasteiger partial charge on any atom is -0.493 e. The van der Waals surface area contributed by atoms with Crippen LogP contribution >= 0.6 is 15.9 Å². The number of carbonyl (C=O) groups is 1. The van der Waals surface area contributed by atoms with Gasteiger partial charge in [-0.3, -0.25) is 4.79 Å². The first-order valence-electron chi connectivity index (χ1n) is 11.6. The molecule has 8 nitrogen and oxygen atoms in total. The summed E-state index contributed by atoms with van der Waals surface area (Å²) in [6.45, 7) is 1.60. The molecule has 1 heterocycles. The Hall–Kier alpha value is -3.20. The van der Waals surface area contributed by atoms with E-state index in [-0.39, 0.29) is 11.5 Å². The molecule has 35 heavy (non-hydrogen) atoms. The summed E-state index contributed by atoms with van der Waals surface area (Å²) in [5, 5.41) is 5.08. The molecule has 2 aromatic carbocycles. The molecule has 0 radical (unpaired) electrons. The van der Waals surface area contributed by atoms with E-state index < -0.39 is 12.1 Å². The smallest absolute Gasteiger partial charge is 0.346 e. The maximum Gasteiger partial charge on any atom is 0.346 e. The van der Waals surface area contributed by atoms with Crippen molar-refractivity contribution >= 4 is 39.0 Å². The third-order valence-corrected chi connectivity index (χ3v) is 6.64. The van der Waals surface area contributed by atoms with E-state index in [0.717, 1.165) is 30.2 Å². The lowest BCUT2D eigenvalue weighted by Gasteiger charge is -2.22. The molecule has 1 fully saturated rings. The van der Waals surface area contributed by atoms with Gasteiger partial charge in [-0.15, -0.1) is 0 Å². The molecule has 0 bridgehead atoms. The molecule has 1 aliphatic rings. The predicted octanol–water partition coefficient (Wildman–Crippen LogP) is 5.04. The molecular weight excluding hydrogens is 514 g/mol. The summed E-state index contributed by atoms with van der Waals surface area (Å²) in [5.74, 6) is 1.24. The number of methoxy groups -OCH3 is 2. The van der Waals surface area contributed by atoms with Gasteiger partial charge in [0.2, 0.25) is 0 Å². The molecule has 9 heteroatoms. The number of fused-ring (bicyclic) bond motifs is 1. The molecular formula is C26H28BrN3O5. The van der Waals surface area contributed by atoms with E-state index in [4.69, 9.17) is 19.2 Å². The quantitative estimate of drug-likeness (QED) is 0.307. The number of esters is 1. The molecule has 184 valence electrons. The zero-order valence-electron chi connectivity index (χ0n) is 20.0. The summed E-state index contributed by atoms with van der Waals surface area (Å²) >= 11 is 3.45. The molecule has 3 aromatic rings. The number of rotatable bonds is 7. The average molecular weight is 542 g/mol. The topological polar surface area (TPSA) is 92.0 Å². The van der Waals surface area contributed by atoms with Gasteiger partial charge in [0.1, 0.15) is 5.82 Å². The number of benzene rings is 2. The second-order valence-electron chi connectivity index (χ2n) is 8.52. The number of aromatic nitrogens is 2. The monoisotopic (exact) mass is 541 g/mol. The van der Waals surface area contributed by atoms with Crippen molar-refractivity contribution in [3.8, 4) is 11.5 Å². The highest BCUT2D eigenvalue weighted by Gasteiger charge is 2.23. The first kappa shape index (κ1) is 24.9. The molecule has 0 spiro atoms. The number of nitrogens with zero attached hydrogens (tertiary/aromatic N) is 3. The highest BCUT2D eigenvalue weighted by atomic mass is 79.9. The Bertz CT molecular complexity index is 1310. The van der Waals surface area contributed by atoms with Crippen molar-refractivity contribution in [3.63, 3.8) is 0 Å². The Labute approximate surface area is 212 Å². The van der Waals surface area contributed by atoms with Gasteiger partial charge < -0.3 is 14.2 Å². The van der Waals surface area contributed by atoms with E-state index in [1.54, 1.807) is 37.4 Å². The third kappa shape index (κ3) is 5.56. The van der Waals surface area contributed by atoms with Crippen molar-refractivity contribution in [2.45, 2.75) is 51.0 Å². The summed E-state index contributed by atoms with van der Waals surface area (Å²) in [5.41, 5.74) is 1.18. The fourth-order valence-electron chi connectivity index (χ4n) is 4.29. The maximum absolute atomic E-state index is 13.5. The molecule has 0 amide bonds. The van der Waals surface area contributed by atoms with Crippen LogP contribution in [0.15, 0.2) is 50.8 Å². The first-order valence-corrected chi connectivity index (χ1v) is 12.4. The molecule has 1 aromatic heterocycles. The van der Waals surface area contributed by atoms with Gasteiger partial charge >= 0.3 is 5.97 Å². The van der Waals surface area contributed by atoms with Crippen LogP contribution in [0.3, 0.4) is 0 Å². The maximum atomic E-state index is 13.5. The van der Waals surface area contributed by atoms with Gasteiger partial charge in [-0.2, -0.15) is 9.78 Å². The number of ether oxygens (including phenoxy) is 3. The number of carbonyl (C=O) groups excluding carboxylic acids is 1. The fraction of sp³-hybridized carbons (Fsp3) is 0.385. The summed E-state index contributed by atoms with van der Waals surface area (Å²) in [4.78, 5) is 30.0. The van der Waals surface area contributed by atoms with E-state index in [1.807, 2.05) is 12.1 Å². The van der Waals surface area contributed by atoms with E-state index in [2.05, 4.69) is 21.0 Å². The van der Waals surface area contributed by atoms with Crippen molar-refractivity contribution in [1.29, 1.82) is 0 Å². The van der Waals surface area contributed by atoms with E-state index in [0.29, 0.717) is 33.8 Å². The van der Waals surface area contributed by atoms with Gasteiger partial charge in [-0.25, -0.2) is 9.78 Å². The Kier molecular flexibility index (Phi) is 7.85. The van der Waals surface area contributed by atoms with Crippen molar-refractivity contribution in [2.75, 3.05) is 14.2 Å². The first-order chi connectivity index (χ1) is 16.9. The van der Waals surface area contributed by atoms with Crippen molar-refractivity contribution in [3.05, 3.63) is 62.6 Å². The Morgan fingerprint density at radius 2 is 1.91 bits per heavy atom. The van der Waals surface area contributed by atoms with Crippen LogP contribution in [0.4, 0.5) is 0 Å². The molecule has 1 aliphatic carbocycles. The zero-order valence-corrected chi connectivity index (χ0v) is 21.6. The highest BCUT2D eigenvalue weighted by Crippen LogP contribution is 2.32. The minimum atomic E-state index is -0.784. The highest BCUT2D eigenvalue weighted by molar-refractivity contribution is 9.10. The van der Waals surface area contributed by atoms with Gasteiger partial charge in [0, 0.05) is 10.4 Å². The van der Waals surface area contributed by atoms with Crippen LogP contribution in [0.2, 0.25) is 0 Å². The largest absolute Gasteiger partial charge is 0.493 e. The Morgan fingerprint density at radius 3 is 2.63 bits per heavy atom. The average Bonchev–Trinajstić information content (AvgIpc) is 2.88. The molecule has 0 N–H and O–H groups in total. The zero-order chi connectivity index (χ0) is 24.9. The number of hydrogen-bond donors (Lipinski definition) is 0. The predicted molar refractivity (Wildman–Crippen MR) is 138 cm³/mol. The van der Waals surface area contributed by atoms with E-state index in [1.165, 1.54) is 25.3 Å². The van der Waals surface area contributed by atoms with Gasteiger partial charge in [-0.05, 0) is 61.7 Å². The van der Waals surface area contributed by atoms with E-state index >= 15 is 0 Å². The lowest BCUT2D eigenvalue weighted by Crippen LogP contribution is -2.25. The van der Waals surface area contributed by atoms with Crippen LogP contribution in [0.1, 0.15) is 56.3 Å². The van der Waals surface area contributed by atoms with Crippen molar-refractivity contribution < 1.29 is 19.0 Å².